The number of aliphatic hydroxyl groups is 1. The number of nitrogens with zero attached hydrogens (tertiary/aromatic N) is 1. The predicted octanol–water partition coefficient (Wildman–Crippen LogP) is 4.67. The van der Waals surface area contributed by atoms with E-state index in [1.807, 2.05) is 43.1 Å². The van der Waals surface area contributed by atoms with Crippen LogP contribution in [0.2, 0.25) is 5.02 Å². The Bertz CT molecular complexity index is 872. The van der Waals surface area contributed by atoms with Gasteiger partial charge in [-0.15, -0.1) is 0 Å². The lowest BCUT2D eigenvalue weighted by Gasteiger charge is -2.23. The molecule has 31 heavy (non-hydrogen) atoms. The molecule has 6 nitrogen and oxygen atoms in total. The number of hydrogen-bond acceptors (Lipinski definition) is 6. The number of likely N-dealkylation sites (N-methyl/N-ethyl adjacent to an activating group) is 1. The maximum absolute atomic E-state index is 10.6. The van der Waals surface area contributed by atoms with Gasteiger partial charge >= 0.3 is 0 Å². The van der Waals surface area contributed by atoms with Crippen molar-refractivity contribution in [1.29, 1.82) is 0 Å². The Kier molecular flexibility index (Phi) is 9.29. The summed E-state index contributed by atoms with van der Waals surface area (Å²) >= 11 is 6.27. The second kappa shape index (κ2) is 11.5. The second-order valence-electron chi connectivity index (χ2n) is 7.95. The van der Waals surface area contributed by atoms with Crippen LogP contribution in [-0.2, 0) is 6.54 Å². The number of aliphatic hydroxyl groups excluding tert-OH is 1. The van der Waals surface area contributed by atoms with Crippen molar-refractivity contribution in [2.24, 2.45) is 0 Å². The first-order chi connectivity index (χ1) is 14.7. The standard InChI is InChI=1S/C24H34ClNO5/c1-15(2)19-11-20(25)16(3)10-22(19)31-14-18(27)13-26(4)12-17-8-9-21(28-5)24(30-7)23(17)29-6/h8-11,15,18,27H,12-14H2,1-7H3. The van der Waals surface area contributed by atoms with E-state index in [0.717, 1.165) is 27.5 Å². The molecule has 0 spiro atoms. The summed E-state index contributed by atoms with van der Waals surface area (Å²) in [7, 11) is 6.71. The normalized spacial score (nSPS) is 12.2. The Hall–Kier alpha value is -2.15. The van der Waals surface area contributed by atoms with Crippen LogP contribution in [0.25, 0.3) is 0 Å². The summed E-state index contributed by atoms with van der Waals surface area (Å²) in [4.78, 5) is 2.01. The van der Waals surface area contributed by atoms with E-state index in [-0.39, 0.29) is 12.5 Å². The summed E-state index contributed by atoms with van der Waals surface area (Å²) in [5.74, 6) is 2.82. The van der Waals surface area contributed by atoms with Gasteiger partial charge in [-0.1, -0.05) is 31.5 Å². The SMILES string of the molecule is COc1ccc(CN(C)CC(O)COc2cc(C)c(Cl)cc2C(C)C)c(OC)c1OC. The lowest BCUT2D eigenvalue weighted by atomic mass is 10.0. The molecule has 0 aliphatic heterocycles. The van der Waals surface area contributed by atoms with Crippen LogP contribution < -0.4 is 18.9 Å². The van der Waals surface area contributed by atoms with E-state index in [1.165, 1.54) is 0 Å². The highest BCUT2D eigenvalue weighted by atomic mass is 35.5. The molecule has 0 aliphatic rings. The van der Waals surface area contributed by atoms with Crippen LogP contribution in [0.1, 0.15) is 36.5 Å². The molecular formula is C24H34ClNO5. The van der Waals surface area contributed by atoms with Crippen LogP contribution >= 0.6 is 11.6 Å². The maximum atomic E-state index is 10.6. The Morgan fingerprint density at radius 1 is 1.00 bits per heavy atom. The fraction of sp³-hybridized carbons (Fsp3) is 0.500. The van der Waals surface area contributed by atoms with E-state index in [4.69, 9.17) is 30.5 Å². The first kappa shape index (κ1) is 25.1. The van der Waals surface area contributed by atoms with Gasteiger partial charge in [0.1, 0.15) is 18.5 Å². The predicted molar refractivity (Wildman–Crippen MR) is 124 cm³/mol. The van der Waals surface area contributed by atoms with Crippen molar-refractivity contribution >= 4 is 11.6 Å². The lowest BCUT2D eigenvalue weighted by Crippen LogP contribution is -2.33. The van der Waals surface area contributed by atoms with Crippen molar-refractivity contribution in [2.75, 3.05) is 41.5 Å². The summed E-state index contributed by atoms with van der Waals surface area (Å²) < 4.78 is 22.3. The van der Waals surface area contributed by atoms with Crippen molar-refractivity contribution < 1.29 is 24.1 Å². The van der Waals surface area contributed by atoms with E-state index in [2.05, 4.69) is 13.8 Å². The fourth-order valence-corrected chi connectivity index (χ4v) is 3.66. The number of hydrogen-bond donors (Lipinski definition) is 1. The molecule has 0 radical (unpaired) electrons. The molecule has 0 heterocycles. The van der Waals surface area contributed by atoms with Crippen LogP contribution in [0.15, 0.2) is 24.3 Å². The van der Waals surface area contributed by atoms with Gasteiger partial charge in [-0.3, -0.25) is 4.90 Å². The van der Waals surface area contributed by atoms with Crippen LogP contribution in [0, 0.1) is 6.92 Å². The van der Waals surface area contributed by atoms with Gasteiger partial charge in [0.25, 0.3) is 0 Å². The summed E-state index contributed by atoms with van der Waals surface area (Å²) in [5, 5.41) is 11.3. The molecule has 0 aliphatic carbocycles. The number of rotatable bonds is 11. The van der Waals surface area contributed by atoms with Crippen molar-refractivity contribution in [1.82, 2.24) is 4.90 Å². The lowest BCUT2D eigenvalue weighted by molar-refractivity contribution is 0.0736. The molecule has 0 saturated heterocycles. The van der Waals surface area contributed by atoms with Gasteiger partial charge in [-0.2, -0.15) is 0 Å². The van der Waals surface area contributed by atoms with E-state index in [1.54, 1.807) is 21.3 Å². The number of aryl methyl sites for hydroxylation is 1. The molecule has 1 atom stereocenters. The molecule has 2 aromatic carbocycles. The monoisotopic (exact) mass is 451 g/mol. The highest BCUT2D eigenvalue weighted by Crippen LogP contribution is 2.40. The summed E-state index contributed by atoms with van der Waals surface area (Å²) in [6.45, 7) is 7.32. The molecular weight excluding hydrogens is 418 g/mol. The van der Waals surface area contributed by atoms with Crippen LogP contribution in [0.4, 0.5) is 0 Å². The van der Waals surface area contributed by atoms with Gasteiger partial charge < -0.3 is 24.1 Å². The molecule has 2 aromatic rings. The summed E-state index contributed by atoms with van der Waals surface area (Å²) in [6.07, 6.45) is -0.660. The molecule has 1 N–H and O–H groups in total. The summed E-state index contributed by atoms with van der Waals surface area (Å²) in [6, 6.07) is 7.66. The highest BCUT2D eigenvalue weighted by Gasteiger charge is 2.19. The zero-order chi connectivity index (χ0) is 23.1. The average Bonchev–Trinajstić information content (AvgIpc) is 2.73. The molecule has 0 bridgehead atoms. The van der Waals surface area contributed by atoms with Gasteiger partial charge in [0, 0.05) is 23.7 Å². The van der Waals surface area contributed by atoms with Crippen molar-refractivity contribution in [3.8, 4) is 23.0 Å². The third-order valence-corrected chi connectivity index (χ3v) is 5.50. The van der Waals surface area contributed by atoms with E-state index < -0.39 is 6.10 Å². The minimum absolute atomic E-state index is 0.189. The Morgan fingerprint density at radius 3 is 2.26 bits per heavy atom. The zero-order valence-corrected chi connectivity index (χ0v) is 20.2. The Balaban J connectivity index is 2.03. The molecule has 7 heteroatoms. The maximum Gasteiger partial charge on any atom is 0.203 e. The van der Waals surface area contributed by atoms with Gasteiger partial charge in [0.15, 0.2) is 11.5 Å². The summed E-state index contributed by atoms with van der Waals surface area (Å²) in [5.41, 5.74) is 2.92. The van der Waals surface area contributed by atoms with Gasteiger partial charge in [0.2, 0.25) is 5.75 Å². The second-order valence-corrected chi connectivity index (χ2v) is 8.36. The molecule has 0 saturated carbocycles. The first-order valence-corrected chi connectivity index (χ1v) is 10.7. The smallest absolute Gasteiger partial charge is 0.203 e. The average molecular weight is 452 g/mol. The molecule has 2 rings (SSSR count). The van der Waals surface area contributed by atoms with Crippen LogP contribution in [-0.4, -0.2) is 57.6 Å². The minimum atomic E-state index is -0.660. The first-order valence-electron chi connectivity index (χ1n) is 10.3. The third-order valence-electron chi connectivity index (χ3n) is 5.09. The number of ether oxygens (including phenoxy) is 4. The van der Waals surface area contributed by atoms with E-state index in [9.17, 15) is 5.11 Å². The van der Waals surface area contributed by atoms with Crippen molar-refractivity contribution in [3.05, 3.63) is 46.0 Å². The number of methoxy groups -OCH3 is 3. The number of benzene rings is 2. The largest absolute Gasteiger partial charge is 0.493 e. The van der Waals surface area contributed by atoms with Crippen LogP contribution in [0.5, 0.6) is 23.0 Å². The highest BCUT2D eigenvalue weighted by molar-refractivity contribution is 6.31. The van der Waals surface area contributed by atoms with Crippen molar-refractivity contribution in [2.45, 2.75) is 39.3 Å². The molecule has 172 valence electrons. The van der Waals surface area contributed by atoms with Crippen LogP contribution in [0.3, 0.4) is 0 Å². The zero-order valence-electron chi connectivity index (χ0n) is 19.5. The van der Waals surface area contributed by atoms with E-state index >= 15 is 0 Å². The topological polar surface area (TPSA) is 60.4 Å². The Labute approximate surface area is 190 Å². The Morgan fingerprint density at radius 2 is 1.68 bits per heavy atom. The van der Waals surface area contributed by atoms with E-state index in [0.29, 0.717) is 30.3 Å². The van der Waals surface area contributed by atoms with Gasteiger partial charge in [0.05, 0.1) is 21.3 Å². The molecule has 0 amide bonds. The van der Waals surface area contributed by atoms with Crippen molar-refractivity contribution in [3.63, 3.8) is 0 Å². The molecule has 1 unspecified atom stereocenters. The third kappa shape index (κ3) is 6.42. The fourth-order valence-electron chi connectivity index (χ4n) is 3.49. The molecule has 0 fully saturated rings. The van der Waals surface area contributed by atoms with Gasteiger partial charge in [-0.05, 0) is 49.2 Å². The quantitative estimate of drug-likeness (QED) is 0.535. The number of halogens is 1. The minimum Gasteiger partial charge on any atom is -0.493 e. The van der Waals surface area contributed by atoms with Gasteiger partial charge in [-0.25, -0.2) is 0 Å². The molecule has 0 aromatic heterocycles.